The van der Waals surface area contributed by atoms with Crippen molar-refractivity contribution in [1.29, 1.82) is 0 Å². The van der Waals surface area contributed by atoms with Crippen LogP contribution in [0.2, 0.25) is 0 Å². The molecule has 0 radical (unpaired) electrons. The van der Waals surface area contributed by atoms with Crippen molar-refractivity contribution >= 4 is 28.5 Å². The van der Waals surface area contributed by atoms with Gasteiger partial charge >= 0.3 is 0 Å². The molecule has 0 spiro atoms. The number of anilines is 2. The third kappa shape index (κ3) is 5.16. The van der Waals surface area contributed by atoms with E-state index >= 15 is 0 Å². The van der Waals surface area contributed by atoms with Crippen LogP contribution in [0.25, 0.3) is 11.3 Å². The van der Waals surface area contributed by atoms with Gasteiger partial charge in [0.15, 0.2) is 4.90 Å². The molecule has 1 aromatic carbocycles. The van der Waals surface area contributed by atoms with Crippen molar-refractivity contribution in [2.75, 3.05) is 29.6 Å². The molecule has 0 bridgehead atoms. The fourth-order valence-electron chi connectivity index (χ4n) is 4.14. The quantitative estimate of drug-likeness (QED) is 0.442. The number of hydrogen-bond acceptors (Lipinski definition) is 7. The predicted octanol–water partition coefficient (Wildman–Crippen LogP) is 2.69. The van der Waals surface area contributed by atoms with Crippen LogP contribution in [0, 0.1) is 23.4 Å². The molecule has 4 atom stereocenters. The molecule has 2 aromatic heterocycles. The van der Waals surface area contributed by atoms with Gasteiger partial charge in [0, 0.05) is 43.4 Å². The van der Waals surface area contributed by atoms with Crippen LogP contribution in [0.15, 0.2) is 47.6 Å². The molecular formula is C24H24F3N5O3S. The minimum atomic E-state index is -1.66. The van der Waals surface area contributed by atoms with E-state index in [1.165, 1.54) is 12.5 Å². The number of carbonyl (C=O) groups excluding carboxylic acids is 1. The second-order valence-corrected chi connectivity index (χ2v) is 10.0. The summed E-state index contributed by atoms with van der Waals surface area (Å²) >= 11 is -1.66. The van der Waals surface area contributed by atoms with E-state index in [2.05, 4.69) is 15.3 Å². The Labute approximate surface area is 208 Å². The van der Waals surface area contributed by atoms with Crippen LogP contribution in [-0.4, -0.2) is 57.0 Å². The number of aliphatic hydroxyl groups is 1. The standard InChI is InChI=1S/C24H24F3N5O3S/c1-12-10-32(11-17(28)23(12)33)20-5-6-29-9-19(20)31-24(34)18-4-3-14(25)22(30-18)21-15(26)7-13(36(2)35)8-16(21)27/h3-9,12,17,23,33H,10-11,28H2,1-2H3,(H,31,34)/t12-,17+,23+,36-/m0/s1. The van der Waals surface area contributed by atoms with Gasteiger partial charge in [-0.3, -0.25) is 9.78 Å². The van der Waals surface area contributed by atoms with Gasteiger partial charge in [-0.25, -0.2) is 18.2 Å². The van der Waals surface area contributed by atoms with Crippen LogP contribution < -0.4 is 16.0 Å². The van der Waals surface area contributed by atoms with E-state index in [4.69, 9.17) is 5.73 Å². The first-order chi connectivity index (χ1) is 17.1. The third-order valence-corrected chi connectivity index (χ3v) is 6.91. The lowest BCUT2D eigenvalue weighted by molar-refractivity contribution is 0.0785. The molecule has 0 unspecified atom stereocenters. The topological polar surface area (TPSA) is 127 Å². The smallest absolute Gasteiger partial charge is 0.274 e. The fourth-order valence-corrected chi connectivity index (χ4v) is 4.68. The summed E-state index contributed by atoms with van der Waals surface area (Å²) < 4.78 is 55.4. The van der Waals surface area contributed by atoms with Gasteiger partial charge in [0.05, 0.1) is 29.2 Å². The number of nitrogens with one attached hydrogen (secondary N) is 1. The molecule has 12 heteroatoms. The average molecular weight is 520 g/mol. The van der Waals surface area contributed by atoms with Crippen LogP contribution in [0.4, 0.5) is 24.5 Å². The average Bonchev–Trinajstić information content (AvgIpc) is 2.83. The molecule has 8 nitrogen and oxygen atoms in total. The molecule has 1 amide bonds. The number of pyridine rings is 2. The lowest BCUT2D eigenvalue weighted by Gasteiger charge is -2.40. The Hall–Kier alpha value is -3.19. The number of aromatic nitrogens is 2. The number of piperidine rings is 1. The number of benzene rings is 1. The Balaban J connectivity index is 1.64. The normalized spacial score (nSPS) is 20.8. The summed E-state index contributed by atoms with van der Waals surface area (Å²) in [7, 11) is 0. The maximum atomic E-state index is 14.6. The summed E-state index contributed by atoms with van der Waals surface area (Å²) in [5.41, 5.74) is 5.23. The molecule has 1 fully saturated rings. The summed E-state index contributed by atoms with van der Waals surface area (Å²) in [5, 5.41) is 12.8. The highest BCUT2D eigenvalue weighted by Crippen LogP contribution is 2.31. The monoisotopic (exact) mass is 519 g/mol. The molecule has 0 aliphatic carbocycles. The molecule has 4 rings (SSSR count). The number of halogens is 3. The first-order valence-electron chi connectivity index (χ1n) is 11.0. The molecule has 4 N–H and O–H groups in total. The number of nitrogens with two attached hydrogens (primary N) is 1. The van der Waals surface area contributed by atoms with Crippen molar-refractivity contribution in [3.05, 3.63) is 65.9 Å². The van der Waals surface area contributed by atoms with Crippen molar-refractivity contribution in [1.82, 2.24) is 9.97 Å². The molecule has 3 aromatic rings. The van der Waals surface area contributed by atoms with Gasteiger partial charge in [0.2, 0.25) is 0 Å². The Morgan fingerprint density at radius 3 is 2.53 bits per heavy atom. The zero-order valence-corrected chi connectivity index (χ0v) is 20.2. The van der Waals surface area contributed by atoms with E-state index < -0.39 is 57.9 Å². The van der Waals surface area contributed by atoms with Crippen LogP contribution in [0.1, 0.15) is 17.4 Å². The largest absolute Gasteiger partial charge is 0.612 e. The van der Waals surface area contributed by atoms with E-state index in [0.717, 1.165) is 24.3 Å². The van der Waals surface area contributed by atoms with E-state index in [0.29, 0.717) is 24.5 Å². The van der Waals surface area contributed by atoms with Gasteiger partial charge in [-0.1, -0.05) is 6.92 Å². The Kier molecular flexibility index (Phi) is 7.50. The maximum absolute atomic E-state index is 14.6. The zero-order valence-electron chi connectivity index (χ0n) is 19.4. The minimum absolute atomic E-state index is 0.105. The van der Waals surface area contributed by atoms with E-state index in [-0.39, 0.29) is 16.5 Å². The number of aliphatic hydroxyl groups excluding tert-OH is 1. The van der Waals surface area contributed by atoms with E-state index in [1.54, 1.807) is 12.3 Å². The molecular weight excluding hydrogens is 495 g/mol. The summed E-state index contributed by atoms with van der Waals surface area (Å²) in [5.74, 6) is -4.22. The maximum Gasteiger partial charge on any atom is 0.274 e. The number of carbonyl (C=O) groups is 1. The predicted molar refractivity (Wildman–Crippen MR) is 129 cm³/mol. The van der Waals surface area contributed by atoms with Gasteiger partial charge < -0.3 is 25.6 Å². The summed E-state index contributed by atoms with van der Waals surface area (Å²) in [6.45, 7) is 2.69. The lowest BCUT2D eigenvalue weighted by atomic mass is 9.92. The van der Waals surface area contributed by atoms with Crippen molar-refractivity contribution in [2.45, 2.75) is 24.0 Å². The molecule has 3 heterocycles. The third-order valence-electron chi connectivity index (χ3n) is 6.01. The highest BCUT2D eigenvalue weighted by Gasteiger charge is 2.32. The number of nitrogens with zero attached hydrogens (tertiary/aromatic N) is 3. The molecule has 1 aliphatic heterocycles. The first-order valence-corrected chi connectivity index (χ1v) is 12.6. The van der Waals surface area contributed by atoms with Crippen molar-refractivity contribution in [3.8, 4) is 11.3 Å². The molecule has 1 saturated heterocycles. The van der Waals surface area contributed by atoms with Gasteiger partial charge in [0.1, 0.15) is 35.1 Å². The van der Waals surface area contributed by atoms with E-state index in [9.17, 15) is 27.6 Å². The van der Waals surface area contributed by atoms with Gasteiger partial charge in [-0.05, 0) is 29.4 Å². The Morgan fingerprint density at radius 2 is 1.89 bits per heavy atom. The van der Waals surface area contributed by atoms with Gasteiger partial charge in [-0.2, -0.15) is 0 Å². The zero-order chi connectivity index (χ0) is 26.1. The molecule has 1 aliphatic rings. The summed E-state index contributed by atoms with van der Waals surface area (Å²) in [4.78, 5) is 22.7. The first kappa shape index (κ1) is 25.9. The number of amides is 1. The van der Waals surface area contributed by atoms with Crippen LogP contribution >= 0.6 is 0 Å². The lowest BCUT2D eigenvalue weighted by Crippen LogP contribution is -2.55. The molecule has 36 heavy (non-hydrogen) atoms. The SMILES string of the molecule is C[C@H]1CN(c2ccncc2NC(=O)c2ccc(F)c(-c3c(F)cc([S@+](C)[O-])cc3F)n2)C[C@@H](N)[C@@H]1O. The van der Waals surface area contributed by atoms with Crippen molar-refractivity contribution in [3.63, 3.8) is 0 Å². The van der Waals surface area contributed by atoms with Crippen molar-refractivity contribution in [2.24, 2.45) is 11.7 Å². The number of rotatable bonds is 5. The molecule has 190 valence electrons. The second kappa shape index (κ2) is 10.4. The Bertz CT molecular complexity index is 1260. The van der Waals surface area contributed by atoms with Crippen molar-refractivity contribution < 1.29 is 27.6 Å². The van der Waals surface area contributed by atoms with Gasteiger partial charge in [-0.15, -0.1) is 0 Å². The highest BCUT2D eigenvalue weighted by molar-refractivity contribution is 7.90. The number of hydrogen-bond donors (Lipinski definition) is 3. The Morgan fingerprint density at radius 1 is 1.19 bits per heavy atom. The highest BCUT2D eigenvalue weighted by atomic mass is 32.2. The van der Waals surface area contributed by atoms with Gasteiger partial charge in [0.25, 0.3) is 5.91 Å². The minimum Gasteiger partial charge on any atom is -0.612 e. The van der Waals surface area contributed by atoms with E-state index in [1.807, 2.05) is 11.8 Å². The van der Waals surface area contributed by atoms with Crippen LogP contribution in [0.3, 0.4) is 0 Å². The van der Waals surface area contributed by atoms with Crippen LogP contribution in [-0.2, 0) is 11.2 Å². The summed E-state index contributed by atoms with van der Waals surface area (Å²) in [6, 6.07) is 4.84. The fraction of sp³-hybridized carbons (Fsp3) is 0.292. The molecule has 0 saturated carbocycles. The summed E-state index contributed by atoms with van der Waals surface area (Å²) in [6.07, 6.45) is 3.56. The second-order valence-electron chi connectivity index (χ2n) is 8.63. The van der Waals surface area contributed by atoms with Crippen LogP contribution in [0.5, 0.6) is 0 Å².